The quantitative estimate of drug-likeness (QED) is 0.733. The van der Waals surface area contributed by atoms with Gasteiger partial charge in [-0.25, -0.2) is 8.78 Å². The van der Waals surface area contributed by atoms with Crippen LogP contribution in [-0.4, -0.2) is 9.78 Å². The summed E-state index contributed by atoms with van der Waals surface area (Å²) in [6.07, 6.45) is -0.306. The van der Waals surface area contributed by atoms with Crippen LogP contribution in [0, 0.1) is 0 Å². The highest BCUT2D eigenvalue weighted by atomic mass is 19.3. The Morgan fingerprint density at radius 3 is 2.41 bits per heavy atom. The van der Waals surface area contributed by atoms with Crippen molar-refractivity contribution in [3.8, 4) is 0 Å². The van der Waals surface area contributed by atoms with E-state index < -0.39 is 29.5 Å². The number of nitrogens with zero attached hydrogens (tertiary/aromatic N) is 2. The van der Waals surface area contributed by atoms with E-state index in [-0.39, 0.29) is 18.2 Å². The number of aromatic nitrogens is 2. The molecule has 0 aromatic carbocycles. The highest BCUT2D eigenvalue weighted by Crippen LogP contribution is 2.47. The summed E-state index contributed by atoms with van der Waals surface area (Å²) in [7, 11) is 0. The Kier molecular flexibility index (Phi) is 2.52. The first-order valence-electron chi connectivity index (χ1n) is 5.52. The van der Waals surface area contributed by atoms with Gasteiger partial charge in [0.15, 0.2) is 0 Å². The van der Waals surface area contributed by atoms with Crippen molar-refractivity contribution in [2.24, 2.45) is 0 Å². The third-order valence-corrected chi connectivity index (χ3v) is 2.96. The molecule has 0 N–H and O–H groups in total. The molecular weight excluding hydrogens is 236 g/mol. The average molecular weight is 250 g/mol. The molecule has 2 nitrogen and oxygen atoms in total. The summed E-state index contributed by atoms with van der Waals surface area (Å²) in [4.78, 5) is 0. The van der Waals surface area contributed by atoms with Gasteiger partial charge >= 0.3 is 0 Å². The lowest BCUT2D eigenvalue weighted by Crippen LogP contribution is -2.18. The maximum Gasteiger partial charge on any atom is 0.289 e. The molecule has 0 spiro atoms. The SMILES string of the molecule is CC(C)n1nc(C(C)(F)F)c2c1CCC2(F)F. The first-order chi connectivity index (χ1) is 7.64. The van der Waals surface area contributed by atoms with E-state index in [4.69, 9.17) is 0 Å². The van der Waals surface area contributed by atoms with E-state index in [0.29, 0.717) is 6.92 Å². The van der Waals surface area contributed by atoms with Gasteiger partial charge in [-0.15, -0.1) is 0 Å². The molecule has 0 amide bonds. The van der Waals surface area contributed by atoms with Crippen molar-refractivity contribution in [3.05, 3.63) is 17.0 Å². The smallest absolute Gasteiger partial charge is 0.266 e. The number of alkyl halides is 4. The highest BCUT2D eigenvalue weighted by molar-refractivity contribution is 5.37. The lowest BCUT2D eigenvalue weighted by molar-refractivity contribution is -0.0226. The van der Waals surface area contributed by atoms with Gasteiger partial charge in [0.05, 0.1) is 5.56 Å². The molecule has 0 fully saturated rings. The van der Waals surface area contributed by atoms with E-state index in [1.165, 1.54) is 4.68 Å². The van der Waals surface area contributed by atoms with Crippen molar-refractivity contribution < 1.29 is 17.6 Å². The van der Waals surface area contributed by atoms with E-state index in [0.717, 1.165) is 0 Å². The lowest BCUT2D eigenvalue weighted by atomic mass is 10.1. The highest BCUT2D eigenvalue weighted by Gasteiger charge is 2.49. The molecule has 6 heteroatoms. The third-order valence-electron chi connectivity index (χ3n) is 2.96. The summed E-state index contributed by atoms with van der Waals surface area (Å²) in [5.41, 5.74) is -1.08. The van der Waals surface area contributed by atoms with Crippen molar-refractivity contribution in [1.29, 1.82) is 0 Å². The van der Waals surface area contributed by atoms with Gasteiger partial charge in [0, 0.05) is 25.1 Å². The van der Waals surface area contributed by atoms with Crippen LogP contribution in [0.25, 0.3) is 0 Å². The van der Waals surface area contributed by atoms with Crippen LogP contribution in [0.4, 0.5) is 17.6 Å². The van der Waals surface area contributed by atoms with Crippen LogP contribution in [0.5, 0.6) is 0 Å². The minimum absolute atomic E-state index is 0.101. The van der Waals surface area contributed by atoms with Gasteiger partial charge in [-0.05, 0) is 20.3 Å². The maximum atomic E-state index is 13.6. The molecule has 0 atom stereocenters. The molecule has 0 saturated heterocycles. The van der Waals surface area contributed by atoms with Crippen molar-refractivity contribution in [2.45, 2.75) is 51.5 Å². The van der Waals surface area contributed by atoms with Gasteiger partial charge < -0.3 is 0 Å². The van der Waals surface area contributed by atoms with Gasteiger partial charge in [-0.2, -0.15) is 13.9 Å². The molecule has 1 aliphatic carbocycles. The van der Waals surface area contributed by atoms with Crippen LogP contribution in [0.2, 0.25) is 0 Å². The van der Waals surface area contributed by atoms with Crippen LogP contribution in [-0.2, 0) is 18.3 Å². The summed E-state index contributed by atoms with van der Waals surface area (Å²) in [5.74, 6) is -6.52. The minimum atomic E-state index is -3.34. The fourth-order valence-corrected chi connectivity index (χ4v) is 2.23. The van der Waals surface area contributed by atoms with Crippen LogP contribution >= 0.6 is 0 Å². The molecule has 1 aliphatic rings. The monoisotopic (exact) mass is 250 g/mol. The average Bonchev–Trinajstić information content (AvgIpc) is 2.64. The first kappa shape index (κ1) is 12.4. The predicted molar refractivity (Wildman–Crippen MR) is 54.4 cm³/mol. The first-order valence-corrected chi connectivity index (χ1v) is 5.52. The lowest BCUT2D eigenvalue weighted by Gasteiger charge is -2.14. The molecule has 96 valence electrons. The number of rotatable bonds is 2. The molecule has 0 radical (unpaired) electrons. The molecule has 0 aliphatic heterocycles. The zero-order valence-corrected chi connectivity index (χ0v) is 9.90. The Balaban J connectivity index is 2.67. The van der Waals surface area contributed by atoms with Gasteiger partial charge in [-0.3, -0.25) is 4.68 Å². The van der Waals surface area contributed by atoms with Crippen molar-refractivity contribution in [1.82, 2.24) is 9.78 Å². The molecule has 0 saturated carbocycles. The second-order valence-corrected chi connectivity index (χ2v) is 4.80. The fourth-order valence-electron chi connectivity index (χ4n) is 2.23. The summed E-state index contributed by atoms with van der Waals surface area (Å²) in [5, 5.41) is 3.68. The molecule has 2 rings (SSSR count). The Bertz CT molecular complexity index is 443. The van der Waals surface area contributed by atoms with Crippen molar-refractivity contribution in [2.75, 3.05) is 0 Å². The van der Waals surface area contributed by atoms with Crippen molar-refractivity contribution in [3.63, 3.8) is 0 Å². The minimum Gasteiger partial charge on any atom is -0.266 e. The molecule has 17 heavy (non-hydrogen) atoms. The largest absolute Gasteiger partial charge is 0.289 e. The van der Waals surface area contributed by atoms with Crippen LogP contribution < -0.4 is 0 Å². The van der Waals surface area contributed by atoms with Gasteiger partial charge in [-0.1, -0.05) is 0 Å². The van der Waals surface area contributed by atoms with Gasteiger partial charge in [0.25, 0.3) is 11.8 Å². The van der Waals surface area contributed by atoms with Crippen LogP contribution in [0.1, 0.15) is 50.2 Å². The molecule has 1 heterocycles. The Morgan fingerprint density at radius 1 is 1.35 bits per heavy atom. The van der Waals surface area contributed by atoms with E-state index in [9.17, 15) is 17.6 Å². The summed E-state index contributed by atoms with van der Waals surface area (Å²) < 4.78 is 55.2. The van der Waals surface area contributed by atoms with Gasteiger partial charge in [0.1, 0.15) is 5.69 Å². The second-order valence-electron chi connectivity index (χ2n) is 4.80. The Hall–Kier alpha value is -1.07. The van der Waals surface area contributed by atoms with Gasteiger partial charge in [0.2, 0.25) is 0 Å². The van der Waals surface area contributed by atoms with E-state index in [1.54, 1.807) is 13.8 Å². The third kappa shape index (κ3) is 1.83. The summed E-state index contributed by atoms with van der Waals surface area (Å²) in [6.45, 7) is 4.08. The van der Waals surface area contributed by atoms with Crippen LogP contribution in [0.15, 0.2) is 0 Å². The molecular formula is C11H14F4N2. The maximum absolute atomic E-state index is 13.6. The normalized spacial score (nSPS) is 18.8. The summed E-state index contributed by atoms with van der Waals surface area (Å²) in [6, 6.07) is -0.200. The second kappa shape index (κ2) is 3.46. The summed E-state index contributed by atoms with van der Waals surface area (Å²) >= 11 is 0. The number of hydrogen-bond acceptors (Lipinski definition) is 1. The van der Waals surface area contributed by atoms with E-state index in [1.807, 2.05) is 0 Å². The topological polar surface area (TPSA) is 17.8 Å². The number of fused-ring (bicyclic) bond motifs is 1. The van der Waals surface area contributed by atoms with Crippen molar-refractivity contribution >= 4 is 0 Å². The standard InChI is InChI=1S/C11H14F4N2/c1-6(2)17-7-4-5-11(14,15)8(7)9(16-17)10(3,12)13/h6H,4-5H2,1-3H3. The molecule has 1 aromatic rings. The Morgan fingerprint density at radius 2 is 1.94 bits per heavy atom. The molecule has 0 unspecified atom stereocenters. The zero-order valence-electron chi connectivity index (χ0n) is 9.90. The van der Waals surface area contributed by atoms with Crippen LogP contribution in [0.3, 0.4) is 0 Å². The number of hydrogen-bond donors (Lipinski definition) is 0. The molecule has 1 aromatic heterocycles. The predicted octanol–water partition coefficient (Wildman–Crippen LogP) is 3.61. The van der Waals surface area contributed by atoms with E-state index >= 15 is 0 Å². The zero-order chi connectivity index (χ0) is 13.0. The molecule has 0 bridgehead atoms. The van der Waals surface area contributed by atoms with E-state index in [2.05, 4.69) is 5.10 Å². The number of halogens is 4. The fraction of sp³-hybridized carbons (Fsp3) is 0.727. The Labute approximate surface area is 96.6 Å².